The highest BCUT2D eigenvalue weighted by atomic mass is 15.1. The Morgan fingerprint density at radius 3 is 2.61 bits per heavy atom. The minimum absolute atomic E-state index is 0.0686. The lowest BCUT2D eigenvalue weighted by atomic mass is 9.94. The lowest BCUT2D eigenvalue weighted by Gasteiger charge is -2.32. The van der Waals surface area contributed by atoms with E-state index in [-0.39, 0.29) is 6.04 Å². The lowest BCUT2D eigenvalue weighted by Crippen LogP contribution is -2.33. The van der Waals surface area contributed by atoms with Gasteiger partial charge in [0.2, 0.25) is 0 Å². The molecule has 1 aromatic heterocycles. The third kappa shape index (κ3) is 3.02. The molecule has 100 valence electrons. The highest BCUT2D eigenvalue weighted by Gasteiger charge is 2.18. The molecule has 0 aliphatic heterocycles. The molecule has 0 spiro atoms. The summed E-state index contributed by atoms with van der Waals surface area (Å²) in [7, 11) is 2.19. The molecular formula is C15H25N3. The van der Waals surface area contributed by atoms with Gasteiger partial charge >= 0.3 is 0 Å². The first kappa shape index (κ1) is 13.3. The highest BCUT2D eigenvalue weighted by Crippen LogP contribution is 2.26. The SMILES string of the molecule is CC[C@@H](N)c1ccc(N(C)C2CCCCC2)cn1. The Hall–Kier alpha value is -1.09. The van der Waals surface area contributed by atoms with Crippen LogP contribution >= 0.6 is 0 Å². The number of pyridine rings is 1. The largest absolute Gasteiger partial charge is 0.370 e. The Morgan fingerprint density at radius 2 is 2.06 bits per heavy atom. The number of rotatable bonds is 4. The van der Waals surface area contributed by atoms with Gasteiger partial charge in [-0.25, -0.2) is 0 Å². The van der Waals surface area contributed by atoms with Gasteiger partial charge in [0.15, 0.2) is 0 Å². The third-order valence-corrected chi connectivity index (χ3v) is 4.12. The van der Waals surface area contributed by atoms with Crippen LogP contribution < -0.4 is 10.6 Å². The van der Waals surface area contributed by atoms with E-state index < -0.39 is 0 Å². The topological polar surface area (TPSA) is 42.1 Å². The van der Waals surface area contributed by atoms with E-state index in [9.17, 15) is 0 Å². The quantitative estimate of drug-likeness (QED) is 0.888. The standard InChI is InChI=1S/C15H25N3/c1-3-14(16)15-10-9-13(11-17-15)18(2)12-7-5-4-6-8-12/h9-12,14H,3-8,16H2,1-2H3/t14-/m1/s1. The predicted octanol–water partition coefficient (Wildman–Crippen LogP) is 3.26. The molecule has 0 unspecified atom stereocenters. The number of anilines is 1. The number of nitrogens with zero attached hydrogens (tertiary/aromatic N) is 2. The van der Waals surface area contributed by atoms with Gasteiger partial charge in [0.1, 0.15) is 0 Å². The summed E-state index contributed by atoms with van der Waals surface area (Å²) in [5.41, 5.74) is 8.20. The van der Waals surface area contributed by atoms with Gasteiger partial charge in [0.25, 0.3) is 0 Å². The van der Waals surface area contributed by atoms with Gasteiger partial charge in [-0.15, -0.1) is 0 Å². The smallest absolute Gasteiger partial charge is 0.0572 e. The van der Waals surface area contributed by atoms with Crippen LogP contribution in [0.25, 0.3) is 0 Å². The van der Waals surface area contributed by atoms with Gasteiger partial charge in [0.05, 0.1) is 17.6 Å². The first-order valence-corrected chi connectivity index (χ1v) is 7.16. The normalized spacial score (nSPS) is 18.6. The average Bonchev–Trinajstić information content (AvgIpc) is 2.47. The second kappa shape index (κ2) is 6.19. The van der Waals surface area contributed by atoms with E-state index in [2.05, 4.69) is 36.0 Å². The predicted molar refractivity (Wildman–Crippen MR) is 76.7 cm³/mol. The monoisotopic (exact) mass is 247 g/mol. The van der Waals surface area contributed by atoms with Crippen LogP contribution in [0.2, 0.25) is 0 Å². The van der Waals surface area contributed by atoms with Crippen molar-refractivity contribution in [3.63, 3.8) is 0 Å². The van der Waals surface area contributed by atoms with E-state index in [1.54, 1.807) is 0 Å². The maximum Gasteiger partial charge on any atom is 0.0572 e. The zero-order chi connectivity index (χ0) is 13.0. The summed E-state index contributed by atoms with van der Waals surface area (Å²) in [5, 5.41) is 0. The molecule has 1 heterocycles. The maximum absolute atomic E-state index is 5.99. The first-order valence-electron chi connectivity index (χ1n) is 7.16. The minimum Gasteiger partial charge on any atom is -0.370 e. The van der Waals surface area contributed by atoms with Gasteiger partial charge < -0.3 is 10.6 Å². The van der Waals surface area contributed by atoms with Crippen LogP contribution in [0.4, 0.5) is 5.69 Å². The summed E-state index contributed by atoms with van der Waals surface area (Å²) in [4.78, 5) is 6.88. The molecule has 1 saturated carbocycles. The Labute approximate surface area is 110 Å². The van der Waals surface area contributed by atoms with Gasteiger partial charge in [-0.05, 0) is 31.4 Å². The van der Waals surface area contributed by atoms with E-state index in [0.717, 1.165) is 12.1 Å². The van der Waals surface area contributed by atoms with E-state index in [1.807, 2.05) is 6.20 Å². The summed E-state index contributed by atoms with van der Waals surface area (Å²) >= 11 is 0. The molecule has 2 N–H and O–H groups in total. The maximum atomic E-state index is 5.99. The van der Waals surface area contributed by atoms with Gasteiger partial charge in [-0.3, -0.25) is 4.98 Å². The number of hydrogen-bond acceptors (Lipinski definition) is 3. The molecule has 1 aliphatic carbocycles. The van der Waals surface area contributed by atoms with Gasteiger partial charge in [0, 0.05) is 19.1 Å². The van der Waals surface area contributed by atoms with Crippen LogP contribution in [0.5, 0.6) is 0 Å². The fourth-order valence-electron chi connectivity index (χ4n) is 2.71. The zero-order valence-corrected chi connectivity index (χ0v) is 11.6. The molecule has 1 atom stereocenters. The molecule has 0 bridgehead atoms. The molecule has 0 amide bonds. The Balaban J connectivity index is 2.03. The van der Waals surface area contributed by atoms with E-state index in [1.165, 1.54) is 37.8 Å². The highest BCUT2D eigenvalue weighted by molar-refractivity contribution is 5.45. The number of aromatic nitrogens is 1. The molecule has 0 aromatic carbocycles. The van der Waals surface area contributed by atoms with Crippen molar-refractivity contribution in [2.24, 2.45) is 5.73 Å². The molecule has 0 radical (unpaired) electrons. The molecule has 1 aromatic rings. The molecule has 1 fully saturated rings. The average molecular weight is 247 g/mol. The molecular weight excluding hydrogens is 222 g/mol. The Bertz CT molecular complexity index is 355. The van der Waals surface area contributed by atoms with Crippen molar-refractivity contribution in [3.8, 4) is 0 Å². The molecule has 3 heteroatoms. The van der Waals surface area contributed by atoms with Crippen molar-refractivity contribution in [1.82, 2.24) is 4.98 Å². The Morgan fingerprint density at radius 1 is 1.33 bits per heavy atom. The van der Waals surface area contributed by atoms with Crippen molar-refractivity contribution in [2.75, 3.05) is 11.9 Å². The summed E-state index contributed by atoms with van der Waals surface area (Å²) in [5.74, 6) is 0. The van der Waals surface area contributed by atoms with Crippen molar-refractivity contribution in [1.29, 1.82) is 0 Å². The van der Waals surface area contributed by atoms with Crippen molar-refractivity contribution < 1.29 is 0 Å². The number of nitrogens with two attached hydrogens (primary N) is 1. The third-order valence-electron chi connectivity index (χ3n) is 4.12. The number of hydrogen-bond donors (Lipinski definition) is 1. The fraction of sp³-hybridized carbons (Fsp3) is 0.667. The molecule has 1 aliphatic rings. The molecule has 18 heavy (non-hydrogen) atoms. The van der Waals surface area contributed by atoms with Crippen LogP contribution in [0.1, 0.15) is 57.2 Å². The van der Waals surface area contributed by atoms with Crippen LogP contribution in [-0.4, -0.2) is 18.1 Å². The second-order valence-electron chi connectivity index (χ2n) is 5.36. The van der Waals surface area contributed by atoms with E-state index >= 15 is 0 Å². The van der Waals surface area contributed by atoms with Crippen LogP contribution in [-0.2, 0) is 0 Å². The minimum atomic E-state index is 0.0686. The van der Waals surface area contributed by atoms with Crippen LogP contribution in [0.3, 0.4) is 0 Å². The van der Waals surface area contributed by atoms with Crippen molar-refractivity contribution in [3.05, 3.63) is 24.0 Å². The van der Waals surface area contributed by atoms with Gasteiger partial charge in [-0.2, -0.15) is 0 Å². The Kier molecular flexibility index (Phi) is 4.59. The zero-order valence-electron chi connectivity index (χ0n) is 11.6. The summed E-state index contributed by atoms with van der Waals surface area (Å²) in [6.07, 6.45) is 9.65. The lowest BCUT2D eigenvalue weighted by molar-refractivity contribution is 0.427. The summed E-state index contributed by atoms with van der Waals surface area (Å²) in [6.45, 7) is 2.09. The summed E-state index contributed by atoms with van der Waals surface area (Å²) < 4.78 is 0. The van der Waals surface area contributed by atoms with Crippen LogP contribution in [0.15, 0.2) is 18.3 Å². The molecule has 2 rings (SSSR count). The van der Waals surface area contributed by atoms with Crippen LogP contribution in [0, 0.1) is 0 Å². The first-order chi connectivity index (χ1) is 8.72. The van der Waals surface area contributed by atoms with Crippen molar-refractivity contribution >= 4 is 5.69 Å². The molecule has 0 saturated heterocycles. The van der Waals surface area contributed by atoms with Crippen molar-refractivity contribution in [2.45, 2.75) is 57.5 Å². The second-order valence-corrected chi connectivity index (χ2v) is 5.36. The molecule has 3 nitrogen and oxygen atoms in total. The summed E-state index contributed by atoms with van der Waals surface area (Å²) in [6, 6.07) is 4.99. The fourth-order valence-corrected chi connectivity index (χ4v) is 2.71. The van der Waals surface area contributed by atoms with E-state index in [4.69, 9.17) is 5.73 Å². The van der Waals surface area contributed by atoms with Gasteiger partial charge in [-0.1, -0.05) is 26.2 Å². The van der Waals surface area contributed by atoms with E-state index in [0.29, 0.717) is 6.04 Å².